The van der Waals surface area contributed by atoms with Crippen molar-refractivity contribution in [3.05, 3.63) is 119 Å². The minimum absolute atomic E-state index is 0.0372. The molecule has 9 heteroatoms. The molecule has 0 bridgehead atoms. The number of methoxy groups -OCH3 is 1. The molecule has 2 N–H and O–H groups in total. The Morgan fingerprint density at radius 2 is 1.72 bits per heavy atom. The maximum atomic E-state index is 14.8. The normalized spacial score (nSPS) is 22.3. The Hall–Kier alpha value is -3.95. The highest BCUT2D eigenvalue weighted by molar-refractivity contribution is 6.91. The van der Waals surface area contributed by atoms with Gasteiger partial charge in [0.2, 0.25) is 0 Å². The summed E-state index contributed by atoms with van der Waals surface area (Å²) in [7, 11) is -0.617. The third-order valence-corrected chi connectivity index (χ3v) is 14.4. The Labute approximate surface area is 276 Å². The predicted molar refractivity (Wildman–Crippen MR) is 185 cm³/mol. The second-order valence-corrected chi connectivity index (χ2v) is 17.9. The summed E-state index contributed by atoms with van der Waals surface area (Å²) in [4.78, 5) is 29.2. The molecule has 1 fully saturated rings. The van der Waals surface area contributed by atoms with Crippen LogP contribution in [0.1, 0.15) is 34.8 Å². The van der Waals surface area contributed by atoms with Crippen LogP contribution in [0.4, 0.5) is 11.4 Å². The molecule has 0 unspecified atom stereocenters. The van der Waals surface area contributed by atoms with Gasteiger partial charge in [-0.25, -0.2) is 0 Å². The van der Waals surface area contributed by atoms with Crippen molar-refractivity contribution in [2.24, 2.45) is 5.92 Å². The number of hydrogen-bond acceptors (Lipinski definition) is 5. The highest BCUT2D eigenvalue weighted by Crippen LogP contribution is 2.60. The number of rotatable bonds is 9. The number of aliphatic hydroxyl groups excluding tert-OH is 1. The van der Waals surface area contributed by atoms with E-state index < -0.39 is 13.7 Å². The number of carbonyl (C=O) groups excluding carboxylic acids is 2. The van der Waals surface area contributed by atoms with E-state index in [9.17, 15) is 14.7 Å². The fourth-order valence-corrected chi connectivity index (χ4v) is 11.7. The lowest BCUT2D eigenvalue weighted by Crippen LogP contribution is -2.51. The van der Waals surface area contributed by atoms with Crippen LogP contribution in [0.15, 0.2) is 97.1 Å². The molecule has 2 aliphatic rings. The quantitative estimate of drug-likeness (QED) is 0.195. The van der Waals surface area contributed by atoms with Crippen LogP contribution in [0.3, 0.4) is 0 Å². The molecule has 4 aromatic rings. The van der Waals surface area contributed by atoms with Gasteiger partial charge in [-0.15, -0.1) is 0 Å². The summed E-state index contributed by atoms with van der Waals surface area (Å²) in [5, 5.41) is 14.8. The Bertz CT molecular complexity index is 1730. The van der Waals surface area contributed by atoms with Gasteiger partial charge >= 0.3 is 0 Å². The van der Waals surface area contributed by atoms with Crippen LogP contribution in [0, 0.1) is 5.92 Å². The number of nitrogens with zero attached hydrogens (tertiary/aromatic N) is 1. The SMILES string of the molecule is COc1ccc([Si](C)(C)[C@@H]2[C@@H](CCO)O[C@]3(C(=O)N(Cc4ccc(NC(=O)c5ccccc5)cc4)c4ccc(Cl)cc43)[C@H]2C)cc1. The molecule has 1 spiro atoms. The maximum Gasteiger partial charge on any atom is 0.264 e. The number of anilines is 2. The Balaban J connectivity index is 1.31. The van der Waals surface area contributed by atoms with Gasteiger partial charge in [0.1, 0.15) is 5.75 Å². The average Bonchev–Trinajstić information content (AvgIpc) is 3.48. The highest BCUT2D eigenvalue weighted by Gasteiger charge is 2.66. The van der Waals surface area contributed by atoms with Gasteiger partial charge < -0.3 is 24.8 Å². The summed E-state index contributed by atoms with van der Waals surface area (Å²) in [6.45, 7) is 7.04. The van der Waals surface area contributed by atoms with Crippen LogP contribution in [-0.4, -0.2) is 44.8 Å². The lowest BCUT2D eigenvalue weighted by Gasteiger charge is -2.37. The van der Waals surface area contributed by atoms with E-state index in [0.29, 0.717) is 29.2 Å². The van der Waals surface area contributed by atoms with Crippen LogP contribution in [0.2, 0.25) is 23.7 Å². The Morgan fingerprint density at radius 1 is 1.02 bits per heavy atom. The van der Waals surface area contributed by atoms with Crippen molar-refractivity contribution in [1.29, 1.82) is 0 Å². The predicted octanol–water partition coefficient (Wildman–Crippen LogP) is 6.75. The van der Waals surface area contributed by atoms with Gasteiger partial charge in [0.25, 0.3) is 11.8 Å². The molecule has 0 saturated carbocycles. The standard InChI is InChI=1S/C37H39ClN2O5Si/c1-24-34(46(3,4)30-17-15-29(44-2)16-18-30)33(20-21-41)45-37(24)31-22-27(38)12-19-32(31)40(36(37)43)23-25-10-13-28(14-11-25)39-35(42)26-8-6-5-7-9-26/h5-19,22,24,33-34,41H,20-21,23H2,1-4H3,(H,39,42)/t24-,33+,34-,37+/m0/s1. The highest BCUT2D eigenvalue weighted by atomic mass is 35.5. The smallest absolute Gasteiger partial charge is 0.264 e. The van der Waals surface area contributed by atoms with Crippen molar-refractivity contribution < 1.29 is 24.2 Å². The van der Waals surface area contributed by atoms with E-state index in [-0.39, 0.29) is 36.0 Å². The number of carbonyl (C=O) groups is 2. The van der Waals surface area contributed by atoms with Crippen molar-refractivity contribution in [3.8, 4) is 5.75 Å². The maximum absolute atomic E-state index is 14.8. The van der Waals surface area contributed by atoms with Gasteiger partial charge in [-0.05, 0) is 72.1 Å². The second-order valence-electron chi connectivity index (χ2n) is 12.7. The van der Waals surface area contributed by atoms with Gasteiger partial charge in [0, 0.05) is 34.4 Å². The fraction of sp³-hybridized carbons (Fsp3) is 0.297. The number of ether oxygens (including phenoxy) is 2. The first kappa shape index (κ1) is 32.0. The van der Waals surface area contributed by atoms with E-state index in [1.165, 1.54) is 5.19 Å². The summed E-state index contributed by atoms with van der Waals surface area (Å²) in [5.41, 5.74) is 2.51. The number of halogens is 1. The minimum atomic E-state index is -2.27. The lowest BCUT2D eigenvalue weighted by atomic mass is 9.82. The lowest BCUT2D eigenvalue weighted by molar-refractivity contribution is -0.146. The van der Waals surface area contributed by atoms with Crippen molar-refractivity contribution in [2.45, 2.75) is 50.2 Å². The number of hydrogen-bond donors (Lipinski definition) is 2. The van der Waals surface area contributed by atoms with Crippen LogP contribution >= 0.6 is 11.6 Å². The van der Waals surface area contributed by atoms with Gasteiger partial charge in [0.05, 0.1) is 33.5 Å². The molecule has 7 nitrogen and oxygen atoms in total. The molecule has 4 aromatic carbocycles. The zero-order valence-corrected chi connectivity index (χ0v) is 28.3. The zero-order chi connectivity index (χ0) is 32.6. The molecule has 2 aliphatic heterocycles. The second kappa shape index (κ2) is 12.7. The summed E-state index contributed by atoms with van der Waals surface area (Å²) in [5.74, 6) is 0.308. The topological polar surface area (TPSA) is 88.1 Å². The van der Waals surface area contributed by atoms with Crippen molar-refractivity contribution in [3.63, 3.8) is 0 Å². The van der Waals surface area contributed by atoms with E-state index in [4.69, 9.17) is 21.1 Å². The van der Waals surface area contributed by atoms with Gasteiger partial charge in [-0.1, -0.05) is 79.3 Å². The third kappa shape index (κ3) is 5.53. The number of benzene rings is 4. The summed E-state index contributed by atoms with van der Waals surface area (Å²) in [6.07, 6.45) is 0.120. The van der Waals surface area contributed by atoms with Gasteiger partial charge in [0.15, 0.2) is 5.60 Å². The first-order valence-electron chi connectivity index (χ1n) is 15.6. The van der Waals surface area contributed by atoms with Gasteiger partial charge in [-0.3, -0.25) is 9.59 Å². The molecule has 46 heavy (non-hydrogen) atoms. The van der Waals surface area contributed by atoms with Gasteiger partial charge in [-0.2, -0.15) is 0 Å². The van der Waals surface area contributed by atoms with E-state index in [2.05, 4.69) is 37.5 Å². The first-order valence-corrected chi connectivity index (χ1v) is 19.1. The van der Waals surface area contributed by atoms with E-state index in [1.54, 1.807) is 30.2 Å². The number of fused-ring (bicyclic) bond motifs is 2. The molecule has 0 aromatic heterocycles. The van der Waals surface area contributed by atoms with Crippen molar-refractivity contribution in [2.75, 3.05) is 23.9 Å². The minimum Gasteiger partial charge on any atom is -0.497 e. The molecule has 0 radical (unpaired) electrons. The molecular formula is C37H39ClN2O5Si. The number of nitrogens with one attached hydrogen (secondary N) is 1. The van der Waals surface area contributed by atoms with Crippen LogP contribution < -0.4 is 20.1 Å². The molecular weight excluding hydrogens is 616 g/mol. The van der Waals surface area contributed by atoms with Crippen LogP contribution in [0.25, 0.3) is 0 Å². The van der Waals surface area contributed by atoms with E-state index in [1.807, 2.05) is 66.7 Å². The first-order chi connectivity index (χ1) is 22.1. The monoisotopic (exact) mass is 654 g/mol. The summed E-state index contributed by atoms with van der Waals surface area (Å²) >= 11 is 6.58. The van der Waals surface area contributed by atoms with Crippen molar-refractivity contribution >= 4 is 48.1 Å². The molecule has 4 atom stereocenters. The molecule has 238 valence electrons. The number of aliphatic hydroxyl groups is 1. The summed E-state index contributed by atoms with van der Waals surface area (Å²) < 4.78 is 12.4. The molecule has 1 saturated heterocycles. The van der Waals surface area contributed by atoms with E-state index >= 15 is 0 Å². The number of amides is 2. The van der Waals surface area contributed by atoms with E-state index in [0.717, 1.165) is 22.6 Å². The Kier molecular flexibility index (Phi) is 8.82. The van der Waals surface area contributed by atoms with Crippen molar-refractivity contribution in [1.82, 2.24) is 0 Å². The average molecular weight is 655 g/mol. The van der Waals surface area contributed by atoms with Crippen LogP contribution in [0.5, 0.6) is 5.75 Å². The molecule has 2 heterocycles. The summed E-state index contributed by atoms with van der Waals surface area (Å²) in [6, 6.07) is 30.4. The largest absolute Gasteiger partial charge is 0.497 e. The molecule has 6 rings (SSSR count). The fourth-order valence-electron chi connectivity index (χ4n) is 7.51. The molecule has 0 aliphatic carbocycles. The zero-order valence-electron chi connectivity index (χ0n) is 26.5. The van der Waals surface area contributed by atoms with Crippen LogP contribution in [-0.2, 0) is 21.7 Å². The third-order valence-electron chi connectivity index (χ3n) is 9.80. The Morgan fingerprint density at radius 3 is 2.37 bits per heavy atom. The molecule has 2 amide bonds.